The molecule has 1 aromatic heterocycles. The van der Waals surface area contributed by atoms with Gasteiger partial charge in [-0.1, -0.05) is 25.1 Å². The number of esters is 1. The molecule has 0 saturated heterocycles. The average Bonchev–Trinajstić information content (AvgIpc) is 3.19. The van der Waals surface area contributed by atoms with Crippen molar-refractivity contribution in [1.82, 2.24) is 15.0 Å². The second-order valence-corrected chi connectivity index (χ2v) is 6.01. The van der Waals surface area contributed by atoms with E-state index in [2.05, 4.69) is 10.1 Å². The van der Waals surface area contributed by atoms with Crippen LogP contribution >= 0.6 is 0 Å². The molecular weight excluding hydrogens is 360 g/mol. The number of rotatable bonds is 6. The number of nitrogens with zero attached hydrogens (tertiary/aromatic N) is 4. The molecular formula is C16H14N4O7. The molecule has 27 heavy (non-hydrogen) atoms. The second-order valence-electron chi connectivity index (χ2n) is 6.01. The summed E-state index contributed by atoms with van der Waals surface area (Å²) in [5, 5.41) is 14.8. The van der Waals surface area contributed by atoms with Gasteiger partial charge in [-0.25, -0.2) is 0 Å². The smallest absolute Gasteiger partial charge is 0.326 e. The zero-order valence-electron chi connectivity index (χ0n) is 14.4. The molecule has 140 valence electrons. The molecule has 0 spiro atoms. The van der Waals surface area contributed by atoms with Crippen LogP contribution in [-0.4, -0.2) is 44.3 Å². The largest absolute Gasteiger partial charge is 0.454 e. The van der Waals surface area contributed by atoms with Crippen molar-refractivity contribution >= 4 is 23.5 Å². The molecule has 2 aromatic rings. The summed E-state index contributed by atoms with van der Waals surface area (Å²) in [6.45, 7) is 2.72. The highest BCUT2D eigenvalue weighted by molar-refractivity contribution is 6.24. The lowest BCUT2D eigenvalue weighted by Gasteiger charge is -2.12. The minimum Gasteiger partial charge on any atom is -0.454 e. The van der Waals surface area contributed by atoms with E-state index in [1.807, 2.05) is 13.8 Å². The number of amides is 2. The topological polar surface area (TPSA) is 146 Å². The number of nitro benzene ring substituents is 1. The third-order valence-electron chi connectivity index (χ3n) is 3.82. The fraction of sp³-hybridized carbons (Fsp3) is 0.312. The van der Waals surface area contributed by atoms with Crippen molar-refractivity contribution in [2.45, 2.75) is 26.4 Å². The van der Waals surface area contributed by atoms with Crippen LogP contribution in [0.4, 0.5) is 5.69 Å². The Morgan fingerprint density at radius 2 is 2.07 bits per heavy atom. The monoisotopic (exact) mass is 374 g/mol. The predicted molar refractivity (Wildman–Crippen MR) is 86.6 cm³/mol. The number of fused-ring (bicyclic) bond motifs is 1. The van der Waals surface area contributed by atoms with Crippen molar-refractivity contribution in [3.8, 4) is 0 Å². The number of hydrogen-bond acceptors (Lipinski definition) is 9. The van der Waals surface area contributed by atoms with Crippen LogP contribution in [0.3, 0.4) is 0 Å². The molecule has 0 unspecified atom stereocenters. The molecule has 2 amide bonds. The first kappa shape index (κ1) is 18.2. The van der Waals surface area contributed by atoms with Crippen molar-refractivity contribution in [1.29, 1.82) is 0 Å². The van der Waals surface area contributed by atoms with Gasteiger partial charge in [0.2, 0.25) is 0 Å². The fourth-order valence-corrected chi connectivity index (χ4v) is 2.49. The van der Waals surface area contributed by atoms with E-state index in [0.29, 0.717) is 10.7 Å². The average molecular weight is 374 g/mol. The summed E-state index contributed by atoms with van der Waals surface area (Å²) in [5.74, 6) is -2.04. The molecule has 11 nitrogen and oxygen atoms in total. The summed E-state index contributed by atoms with van der Waals surface area (Å²) < 4.78 is 9.86. The number of hydrogen-bond donors (Lipinski definition) is 0. The first-order valence-electron chi connectivity index (χ1n) is 7.91. The molecule has 3 rings (SSSR count). The maximum absolute atomic E-state index is 12.4. The van der Waals surface area contributed by atoms with E-state index in [4.69, 9.17) is 9.26 Å². The van der Waals surface area contributed by atoms with Gasteiger partial charge in [-0.2, -0.15) is 4.98 Å². The highest BCUT2D eigenvalue weighted by Gasteiger charge is 2.41. The maximum Gasteiger partial charge on any atom is 0.326 e. The molecule has 0 N–H and O–H groups in total. The Morgan fingerprint density at radius 3 is 2.70 bits per heavy atom. The lowest BCUT2D eigenvalue weighted by molar-refractivity contribution is -0.385. The molecule has 11 heteroatoms. The van der Waals surface area contributed by atoms with Gasteiger partial charge < -0.3 is 9.26 Å². The Hall–Kier alpha value is -3.63. The summed E-state index contributed by atoms with van der Waals surface area (Å²) in [5.41, 5.74) is -0.951. The van der Waals surface area contributed by atoms with Crippen molar-refractivity contribution in [2.24, 2.45) is 0 Å². The van der Waals surface area contributed by atoms with Crippen molar-refractivity contribution in [3.05, 3.63) is 51.2 Å². The molecule has 1 aliphatic heterocycles. The van der Waals surface area contributed by atoms with Gasteiger partial charge in [-0.3, -0.25) is 29.4 Å². The Balaban J connectivity index is 1.68. The van der Waals surface area contributed by atoms with E-state index >= 15 is 0 Å². The standard InChI is InChI=1S/C16H14N4O7/c1-8(2)14-17-11(27-18-14)7-26-12(21)6-19-15(22)9-4-3-5-10(20(24)25)13(9)16(19)23/h3-5,8H,6-7H2,1-2H3. The minimum absolute atomic E-state index is 0.0346. The van der Waals surface area contributed by atoms with E-state index < -0.39 is 34.9 Å². The fourth-order valence-electron chi connectivity index (χ4n) is 2.49. The third kappa shape index (κ3) is 3.38. The molecule has 0 saturated carbocycles. The normalized spacial score (nSPS) is 13.2. The number of carbonyl (C=O) groups excluding carboxylic acids is 3. The lowest BCUT2D eigenvalue weighted by Crippen LogP contribution is -2.35. The maximum atomic E-state index is 12.4. The number of aromatic nitrogens is 2. The molecule has 1 aromatic carbocycles. The van der Waals surface area contributed by atoms with Crippen LogP contribution in [0.25, 0.3) is 0 Å². The van der Waals surface area contributed by atoms with E-state index in [0.717, 1.165) is 6.07 Å². The van der Waals surface area contributed by atoms with Gasteiger partial charge in [0.25, 0.3) is 23.4 Å². The zero-order chi connectivity index (χ0) is 19.7. The third-order valence-corrected chi connectivity index (χ3v) is 3.82. The van der Waals surface area contributed by atoms with Gasteiger partial charge in [0.1, 0.15) is 12.1 Å². The second kappa shape index (κ2) is 6.94. The summed E-state index contributed by atoms with van der Waals surface area (Å²) in [7, 11) is 0. The van der Waals surface area contributed by atoms with E-state index in [-0.39, 0.29) is 29.5 Å². The number of benzene rings is 1. The molecule has 0 fully saturated rings. The van der Waals surface area contributed by atoms with Gasteiger partial charge >= 0.3 is 5.97 Å². The molecule has 0 atom stereocenters. The van der Waals surface area contributed by atoms with Crippen LogP contribution < -0.4 is 0 Å². The Labute approximate surface area is 152 Å². The SMILES string of the molecule is CC(C)c1noc(COC(=O)CN2C(=O)c3cccc([N+](=O)[O-])c3C2=O)n1. The van der Waals surface area contributed by atoms with Crippen LogP contribution in [-0.2, 0) is 16.1 Å². The van der Waals surface area contributed by atoms with Gasteiger partial charge in [0.15, 0.2) is 12.4 Å². The van der Waals surface area contributed by atoms with E-state index in [9.17, 15) is 24.5 Å². The summed E-state index contributed by atoms with van der Waals surface area (Å²) in [4.78, 5) is 51.6. The zero-order valence-corrected chi connectivity index (χ0v) is 14.4. The van der Waals surface area contributed by atoms with E-state index in [1.54, 1.807) is 0 Å². The molecule has 0 aliphatic carbocycles. The Bertz CT molecular complexity index is 950. The number of ether oxygens (including phenoxy) is 1. The van der Waals surface area contributed by atoms with E-state index in [1.165, 1.54) is 12.1 Å². The van der Waals surface area contributed by atoms with Crippen LogP contribution in [0.1, 0.15) is 52.2 Å². The summed E-state index contributed by atoms with van der Waals surface area (Å²) >= 11 is 0. The Kier molecular flexibility index (Phi) is 4.67. The molecule has 2 heterocycles. The number of nitro groups is 1. The first-order chi connectivity index (χ1) is 12.8. The van der Waals surface area contributed by atoms with Crippen LogP contribution in [0.2, 0.25) is 0 Å². The predicted octanol–water partition coefficient (Wildman–Crippen LogP) is 1.44. The van der Waals surface area contributed by atoms with Crippen LogP contribution in [0, 0.1) is 10.1 Å². The summed E-state index contributed by atoms with van der Waals surface area (Å²) in [6, 6.07) is 3.71. The molecule has 0 bridgehead atoms. The van der Waals surface area contributed by atoms with Gasteiger partial charge in [0.05, 0.1) is 10.5 Å². The number of imide groups is 1. The number of carbonyl (C=O) groups is 3. The quantitative estimate of drug-likeness (QED) is 0.317. The van der Waals surface area contributed by atoms with Crippen molar-refractivity contribution in [2.75, 3.05) is 6.54 Å². The minimum atomic E-state index is -0.917. The van der Waals surface area contributed by atoms with Crippen LogP contribution in [0.15, 0.2) is 22.7 Å². The molecule has 1 aliphatic rings. The van der Waals surface area contributed by atoms with Crippen molar-refractivity contribution in [3.63, 3.8) is 0 Å². The lowest BCUT2D eigenvalue weighted by atomic mass is 10.1. The highest BCUT2D eigenvalue weighted by atomic mass is 16.6. The molecule has 0 radical (unpaired) electrons. The van der Waals surface area contributed by atoms with Gasteiger partial charge in [0, 0.05) is 12.0 Å². The Morgan fingerprint density at radius 1 is 1.33 bits per heavy atom. The van der Waals surface area contributed by atoms with Crippen molar-refractivity contribution < 1.29 is 28.6 Å². The van der Waals surface area contributed by atoms with Gasteiger partial charge in [-0.15, -0.1) is 0 Å². The first-order valence-corrected chi connectivity index (χ1v) is 7.91. The van der Waals surface area contributed by atoms with Crippen LogP contribution in [0.5, 0.6) is 0 Å². The van der Waals surface area contributed by atoms with Gasteiger partial charge in [-0.05, 0) is 6.07 Å². The highest BCUT2D eigenvalue weighted by Crippen LogP contribution is 2.30. The summed E-state index contributed by atoms with van der Waals surface area (Å²) in [6.07, 6.45) is 0.